The molecule has 0 atom stereocenters. The van der Waals surface area contributed by atoms with Crippen LogP contribution in [0.1, 0.15) is 10.4 Å². The quantitative estimate of drug-likeness (QED) is 0.613. The molecule has 2 heterocycles. The fourth-order valence-electron chi connectivity index (χ4n) is 2.71. The lowest BCUT2D eigenvalue weighted by atomic mass is 10.1. The van der Waals surface area contributed by atoms with Gasteiger partial charge in [-0.2, -0.15) is 0 Å². The summed E-state index contributed by atoms with van der Waals surface area (Å²) in [5, 5.41) is 2.97. The van der Waals surface area contributed by atoms with Gasteiger partial charge in [0.05, 0.1) is 19.5 Å². The number of ether oxygens (including phenoxy) is 1. The van der Waals surface area contributed by atoms with Crippen molar-refractivity contribution in [3.8, 4) is 17.0 Å². The summed E-state index contributed by atoms with van der Waals surface area (Å²) in [6.07, 6.45) is 3.35. The molecule has 0 unspecified atom stereocenters. The van der Waals surface area contributed by atoms with E-state index in [1.54, 1.807) is 36.0 Å². The number of carbonyl (C=O) groups is 1. The first kappa shape index (κ1) is 15.8. The summed E-state index contributed by atoms with van der Waals surface area (Å²) in [6, 6.07) is 18.7. The van der Waals surface area contributed by atoms with Gasteiger partial charge in [-0.1, -0.05) is 48.5 Å². The highest BCUT2D eigenvalue weighted by molar-refractivity contribution is 6.05. The van der Waals surface area contributed by atoms with Gasteiger partial charge >= 0.3 is 0 Å². The van der Waals surface area contributed by atoms with Crippen molar-refractivity contribution in [1.29, 1.82) is 0 Å². The minimum Gasteiger partial charge on any atom is -0.494 e. The van der Waals surface area contributed by atoms with Crippen LogP contribution in [0, 0.1) is 0 Å². The summed E-state index contributed by atoms with van der Waals surface area (Å²) in [5.41, 5.74) is 2.10. The van der Waals surface area contributed by atoms with E-state index in [-0.39, 0.29) is 5.91 Å². The number of anilines is 1. The molecular formula is C20H16N4O2. The molecule has 6 heteroatoms. The van der Waals surface area contributed by atoms with Crippen LogP contribution in [-0.4, -0.2) is 27.4 Å². The third-order valence-corrected chi connectivity index (χ3v) is 4.01. The van der Waals surface area contributed by atoms with Crippen LogP contribution in [0.25, 0.3) is 17.0 Å². The Morgan fingerprint density at radius 1 is 1.04 bits per heavy atom. The largest absolute Gasteiger partial charge is 0.494 e. The van der Waals surface area contributed by atoms with E-state index in [1.165, 1.54) is 0 Å². The molecule has 0 bridgehead atoms. The van der Waals surface area contributed by atoms with Gasteiger partial charge in [-0.05, 0) is 12.1 Å². The van der Waals surface area contributed by atoms with Gasteiger partial charge in [-0.15, -0.1) is 0 Å². The van der Waals surface area contributed by atoms with Crippen molar-refractivity contribution in [3.63, 3.8) is 0 Å². The number of imidazole rings is 1. The van der Waals surface area contributed by atoms with Crippen molar-refractivity contribution < 1.29 is 9.53 Å². The zero-order chi connectivity index (χ0) is 17.9. The molecule has 0 saturated carbocycles. The Morgan fingerprint density at radius 3 is 2.42 bits per heavy atom. The van der Waals surface area contributed by atoms with Gasteiger partial charge < -0.3 is 10.1 Å². The van der Waals surface area contributed by atoms with Crippen molar-refractivity contribution in [1.82, 2.24) is 14.4 Å². The molecule has 0 spiro atoms. The number of methoxy groups -OCH3 is 1. The summed E-state index contributed by atoms with van der Waals surface area (Å²) >= 11 is 0. The van der Waals surface area contributed by atoms with Crippen molar-refractivity contribution >= 4 is 17.5 Å². The highest BCUT2D eigenvalue weighted by Gasteiger charge is 2.18. The van der Waals surface area contributed by atoms with Crippen LogP contribution in [0.3, 0.4) is 0 Å². The number of hydrogen-bond donors (Lipinski definition) is 1. The van der Waals surface area contributed by atoms with Crippen LogP contribution >= 0.6 is 0 Å². The number of nitrogens with one attached hydrogen (secondary N) is 1. The molecule has 0 fully saturated rings. The van der Waals surface area contributed by atoms with Crippen LogP contribution in [0.15, 0.2) is 73.1 Å². The number of carbonyl (C=O) groups excluding carboxylic acids is 1. The van der Waals surface area contributed by atoms with Crippen molar-refractivity contribution in [2.75, 3.05) is 12.4 Å². The molecule has 0 radical (unpaired) electrons. The monoisotopic (exact) mass is 344 g/mol. The van der Waals surface area contributed by atoms with E-state index >= 15 is 0 Å². The summed E-state index contributed by atoms with van der Waals surface area (Å²) < 4.78 is 6.98. The topological polar surface area (TPSA) is 68.5 Å². The smallest absolute Gasteiger partial charge is 0.256 e. The lowest BCUT2D eigenvalue weighted by molar-refractivity contribution is 0.102. The molecule has 0 aliphatic carbocycles. The highest BCUT2D eigenvalue weighted by Crippen LogP contribution is 2.29. The predicted molar refractivity (Wildman–Crippen MR) is 99.4 cm³/mol. The average Bonchev–Trinajstić information content (AvgIpc) is 3.07. The summed E-state index contributed by atoms with van der Waals surface area (Å²) in [7, 11) is 1.57. The molecule has 1 amide bonds. The van der Waals surface area contributed by atoms with Crippen molar-refractivity contribution in [2.24, 2.45) is 0 Å². The number of rotatable bonds is 4. The van der Waals surface area contributed by atoms with Crippen molar-refractivity contribution in [3.05, 3.63) is 78.6 Å². The van der Waals surface area contributed by atoms with Gasteiger partial charge in [0, 0.05) is 11.1 Å². The maximum absolute atomic E-state index is 12.7. The standard InChI is InChI=1S/C20H16N4O2/c1-26-16-12-21-20-22-17(14-8-4-2-5-9-14)18(24(20)13-16)23-19(25)15-10-6-3-7-11-15/h2-13H,1H3,(H,23,25). The van der Waals surface area contributed by atoms with E-state index < -0.39 is 0 Å². The Morgan fingerprint density at radius 2 is 1.73 bits per heavy atom. The molecule has 2 aromatic carbocycles. The van der Waals surface area contributed by atoms with E-state index in [0.717, 1.165) is 5.56 Å². The molecule has 0 aliphatic heterocycles. The molecule has 1 N–H and O–H groups in total. The number of nitrogens with zero attached hydrogens (tertiary/aromatic N) is 3. The van der Waals surface area contributed by atoms with E-state index in [1.807, 2.05) is 48.5 Å². The first-order chi connectivity index (χ1) is 12.8. The maximum Gasteiger partial charge on any atom is 0.256 e. The van der Waals surface area contributed by atoms with Crippen LogP contribution in [0.2, 0.25) is 0 Å². The normalized spacial score (nSPS) is 10.7. The number of amides is 1. The zero-order valence-electron chi connectivity index (χ0n) is 14.1. The van der Waals surface area contributed by atoms with E-state index in [4.69, 9.17) is 4.74 Å². The molecule has 2 aromatic heterocycles. The maximum atomic E-state index is 12.7. The number of fused-ring (bicyclic) bond motifs is 1. The first-order valence-corrected chi connectivity index (χ1v) is 8.10. The second-order valence-corrected chi connectivity index (χ2v) is 5.66. The Hall–Kier alpha value is -3.67. The lowest BCUT2D eigenvalue weighted by Gasteiger charge is -2.08. The predicted octanol–water partition coefficient (Wildman–Crippen LogP) is 3.66. The third-order valence-electron chi connectivity index (χ3n) is 4.01. The fourth-order valence-corrected chi connectivity index (χ4v) is 2.71. The second-order valence-electron chi connectivity index (χ2n) is 5.66. The summed E-state index contributed by atoms with van der Waals surface area (Å²) in [5.74, 6) is 1.39. The summed E-state index contributed by atoms with van der Waals surface area (Å²) in [6.45, 7) is 0. The molecular weight excluding hydrogens is 328 g/mol. The first-order valence-electron chi connectivity index (χ1n) is 8.10. The SMILES string of the molecule is COc1cnc2nc(-c3ccccc3)c(NC(=O)c3ccccc3)n2c1. The number of aromatic nitrogens is 3. The van der Waals surface area contributed by atoms with Crippen LogP contribution in [0.4, 0.5) is 5.82 Å². The molecule has 4 rings (SSSR count). The highest BCUT2D eigenvalue weighted by atomic mass is 16.5. The number of hydrogen-bond acceptors (Lipinski definition) is 4. The Labute approximate surface area is 150 Å². The molecule has 26 heavy (non-hydrogen) atoms. The average molecular weight is 344 g/mol. The second kappa shape index (κ2) is 6.68. The van der Waals surface area contributed by atoms with E-state index in [2.05, 4.69) is 15.3 Å². The zero-order valence-corrected chi connectivity index (χ0v) is 14.1. The van der Waals surface area contributed by atoms with Gasteiger partial charge in [0.2, 0.25) is 5.78 Å². The van der Waals surface area contributed by atoms with Crippen LogP contribution in [-0.2, 0) is 0 Å². The molecule has 0 saturated heterocycles. The minimum absolute atomic E-state index is 0.215. The third kappa shape index (κ3) is 2.88. The Kier molecular flexibility index (Phi) is 4.07. The minimum atomic E-state index is -0.215. The van der Waals surface area contributed by atoms with Gasteiger partial charge in [0.25, 0.3) is 5.91 Å². The van der Waals surface area contributed by atoms with Gasteiger partial charge in [-0.25, -0.2) is 9.97 Å². The van der Waals surface area contributed by atoms with Crippen LogP contribution in [0.5, 0.6) is 5.75 Å². The van der Waals surface area contributed by atoms with Crippen LogP contribution < -0.4 is 10.1 Å². The fraction of sp³-hybridized carbons (Fsp3) is 0.0500. The Bertz CT molecular complexity index is 1060. The van der Waals surface area contributed by atoms with Gasteiger partial charge in [0.1, 0.15) is 11.5 Å². The lowest BCUT2D eigenvalue weighted by Crippen LogP contribution is -2.14. The molecule has 128 valence electrons. The van der Waals surface area contributed by atoms with Gasteiger partial charge in [0.15, 0.2) is 5.75 Å². The Balaban J connectivity index is 1.85. The van der Waals surface area contributed by atoms with Crippen molar-refractivity contribution in [2.45, 2.75) is 0 Å². The van der Waals surface area contributed by atoms with Gasteiger partial charge in [-0.3, -0.25) is 9.20 Å². The van der Waals surface area contributed by atoms with E-state index in [9.17, 15) is 4.79 Å². The molecule has 0 aliphatic rings. The van der Waals surface area contributed by atoms with E-state index in [0.29, 0.717) is 28.6 Å². The molecule has 6 nitrogen and oxygen atoms in total. The molecule has 4 aromatic rings. The summed E-state index contributed by atoms with van der Waals surface area (Å²) in [4.78, 5) is 21.6. The number of benzene rings is 2.